The third-order valence-electron chi connectivity index (χ3n) is 4.78. The van der Waals surface area contributed by atoms with Crippen molar-refractivity contribution < 1.29 is 13.9 Å². The highest BCUT2D eigenvalue weighted by Gasteiger charge is 2.21. The van der Waals surface area contributed by atoms with Crippen LogP contribution in [-0.4, -0.2) is 21.7 Å². The molecular formula is C22H17ClFN3O3S2. The maximum atomic E-state index is 13.3. The Morgan fingerprint density at radius 3 is 2.69 bits per heavy atom. The van der Waals surface area contributed by atoms with Crippen molar-refractivity contribution in [3.05, 3.63) is 79.4 Å². The molecule has 2 heterocycles. The van der Waals surface area contributed by atoms with Gasteiger partial charge >= 0.3 is 0 Å². The Bertz CT molecular complexity index is 1450. The van der Waals surface area contributed by atoms with Crippen molar-refractivity contribution in [1.29, 1.82) is 0 Å². The molecule has 0 bridgehead atoms. The molecular weight excluding hydrogens is 473 g/mol. The lowest BCUT2D eigenvalue weighted by molar-refractivity contribution is -0.123. The molecule has 0 aliphatic carbocycles. The Morgan fingerprint density at radius 1 is 1.28 bits per heavy atom. The quantitative estimate of drug-likeness (QED) is 0.367. The van der Waals surface area contributed by atoms with Crippen LogP contribution in [0.3, 0.4) is 0 Å². The van der Waals surface area contributed by atoms with E-state index in [-0.39, 0.29) is 15.5 Å². The normalized spacial score (nSPS) is 12.0. The van der Waals surface area contributed by atoms with Gasteiger partial charge in [-0.05, 0) is 49.8 Å². The topological polar surface area (TPSA) is 76.1 Å². The first kappa shape index (κ1) is 22.2. The summed E-state index contributed by atoms with van der Waals surface area (Å²) in [4.78, 5) is 30.6. The molecule has 0 unspecified atom stereocenters. The number of thiophene rings is 1. The number of aromatic nitrogens is 2. The molecule has 1 amide bonds. The number of hydrogen-bond acceptors (Lipinski definition) is 5. The predicted octanol–water partition coefficient (Wildman–Crippen LogP) is 5.43. The van der Waals surface area contributed by atoms with Crippen LogP contribution >= 0.6 is 35.2 Å². The largest absolute Gasteiger partial charge is 0.479 e. The first-order chi connectivity index (χ1) is 15.3. The molecule has 4 aromatic rings. The van der Waals surface area contributed by atoms with E-state index in [1.54, 1.807) is 0 Å². The van der Waals surface area contributed by atoms with Gasteiger partial charge in [0, 0.05) is 10.4 Å². The van der Waals surface area contributed by atoms with E-state index < -0.39 is 23.4 Å². The Labute approximate surface area is 196 Å². The monoisotopic (exact) mass is 489 g/mol. The zero-order chi connectivity index (χ0) is 23.0. The van der Waals surface area contributed by atoms with Crippen LogP contribution in [0.1, 0.15) is 11.8 Å². The van der Waals surface area contributed by atoms with Crippen LogP contribution in [0.15, 0.2) is 53.3 Å². The van der Waals surface area contributed by atoms with Gasteiger partial charge < -0.3 is 9.72 Å². The number of rotatable bonds is 5. The van der Waals surface area contributed by atoms with Gasteiger partial charge in [0.15, 0.2) is 6.10 Å². The number of ether oxygens (including phenoxy) is 1. The maximum Gasteiger partial charge on any atom is 0.282 e. The highest BCUT2D eigenvalue weighted by molar-refractivity contribution is 7.71. The minimum absolute atomic E-state index is 0.0294. The second kappa shape index (κ2) is 8.85. The number of carbonyl (C=O) groups is 1. The summed E-state index contributed by atoms with van der Waals surface area (Å²) in [6.45, 7) is 3.41. The number of halogens is 2. The van der Waals surface area contributed by atoms with Crippen LogP contribution < -0.4 is 15.7 Å². The number of nitrogens with zero attached hydrogens (tertiary/aromatic N) is 1. The van der Waals surface area contributed by atoms with E-state index in [0.717, 1.165) is 26.7 Å². The van der Waals surface area contributed by atoms with Gasteiger partial charge in [0.1, 0.15) is 16.4 Å². The fraction of sp³-hybridized carbons (Fsp3) is 0.136. The third-order valence-corrected chi connectivity index (χ3v) is 6.38. The average molecular weight is 490 g/mol. The van der Waals surface area contributed by atoms with Crippen molar-refractivity contribution in [1.82, 2.24) is 9.66 Å². The zero-order valence-corrected chi connectivity index (χ0v) is 19.3. The number of aryl methyl sites for hydroxylation is 1. The molecule has 0 spiro atoms. The van der Waals surface area contributed by atoms with Crippen LogP contribution in [0.2, 0.25) is 5.02 Å². The van der Waals surface area contributed by atoms with Crippen molar-refractivity contribution in [2.75, 3.05) is 5.43 Å². The van der Waals surface area contributed by atoms with Gasteiger partial charge in [-0.2, -0.15) is 4.68 Å². The van der Waals surface area contributed by atoms with Gasteiger partial charge in [-0.3, -0.25) is 15.0 Å². The third kappa shape index (κ3) is 4.19. The SMILES string of the molecule is Cc1sc2[nH]c(=S)n(NC(=O)[C@H](C)Oc3ccc(F)cc3Cl)c(=O)c2c1-c1ccccc1. The number of benzene rings is 2. The lowest BCUT2D eigenvalue weighted by Gasteiger charge is -2.16. The zero-order valence-electron chi connectivity index (χ0n) is 16.9. The number of nitrogens with one attached hydrogen (secondary N) is 2. The van der Waals surface area contributed by atoms with Gasteiger partial charge in [-0.1, -0.05) is 41.9 Å². The van der Waals surface area contributed by atoms with Crippen LogP contribution in [0.25, 0.3) is 21.3 Å². The fourth-order valence-electron chi connectivity index (χ4n) is 3.26. The summed E-state index contributed by atoms with van der Waals surface area (Å²) in [6, 6.07) is 13.1. The van der Waals surface area contributed by atoms with E-state index in [1.165, 1.54) is 30.4 Å². The summed E-state index contributed by atoms with van der Waals surface area (Å²) >= 11 is 12.7. The van der Waals surface area contributed by atoms with Crippen LogP contribution in [0.5, 0.6) is 5.75 Å². The van der Waals surface area contributed by atoms with Crippen LogP contribution in [0, 0.1) is 17.5 Å². The Kier molecular flexibility index (Phi) is 6.14. The number of amides is 1. The molecule has 164 valence electrons. The highest BCUT2D eigenvalue weighted by atomic mass is 35.5. The van der Waals surface area contributed by atoms with E-state index in [1.807, 2.05) is 37.3 Å². The van der Waals surface area contributed by atoms with Gasteiger partial charge in [-0.25, -0.2) is 4.39 Å². The number of aromatic amines is 1. The van der Waals surface area contributed by atoms with E-state index in [2.05, 4.69) is 10.4 Å². The second-order valence-electron chi connectivity index (χ2n) is 6.98. The lowest BCUT2D eigenvalue weighted by atomic mass is 10.0. The molecule has 6 nitrogen and oxygen atoms in total. The summed E-state index contributed by atoms with van der Waals surface area (Å²) in [5.74, 6) is -1.01. The van der Waals surface area contributed by atoms with Gasteiger partial charge in [0.2, 0.25) is 4.77 Å². The average Bonchev–Trinajstić information content (AvgIpc) is 3.09. The second-order valence-corrected chi connectivity index (χ2v) is 9.00. The highest BCUT2D eigenvalue weighted by Crippen LogP contribution is 2.35. The van der Waals surface area contributed by atoms with E-state index in [0.29, 0.717) is 10.2 Å². The number of hydrogen-bond donors (Lipinski definition) is 2. The Balaban J connectivity index is 1.69. The maximum absolute atomic E-state index is 13.3. The molecule has 1 atom stereocenters. The molecule has 2 aromatic carbocycles. The van der Waals surface area contributed by atoms with E-state index >= 15 is 0 Å². The van der Waals surface area contributed by atoms with Crippen molar-refractivity contribution in [3.8, 4) is 16.9 Å². The number of fused-ring (bicyclic) bond motifs is 1. The minimum atomic E-state index is -1.03. The Morgan fingerprint density at radius 2 is 2.00 bits per heavy atom. The van der Waals surface area contributed by atoms with Gasteiger partial charge in [0.25, 0.3) is 11.5 Å². The lowest BCUT2D eigenvalue weighted by Crippen LogP contribution is -2.40. The summed E-state index contributed by atoms with van der Waals surface area (Å²) in [5, 5.41) is 0.463. The van der Waals surface area contributed by atoms with E-state index in [4.69, 9.17) is 28.6 Å². The molecule has 0 aliphatic rings. The van der Waals surface area contributed by atoms with Crippen molar-refractivity contribution in [2.24, 2.45) is 0 Å². The van der Waals surface area contributed by atoms with E-state index in [9.17, 15) is 14.0 Å². The van der Waals surface area contributed by atoms with Crippen LogP contribution in [-0.2, 0) is 4.79 Å². The molecule has 0 saturated carbocycles. The van der Waals surface area contributed by atoms with Crippen molar-refractivity contribution in [3.63, 3.8) is 0 Å². The summed E-state index contributed by atoms with van der Waals surface area (Å²) in [7, 11) is 0. The number of H-pyrrole nitrogens is 1. The molecule has 32 heavy (non-hydrogen) atoms. The van der Waals surface area contributed by atoms with Gasteiger partial charge in [0.05, 0.1) is 10.4 Å². The molecule has 10 heteroatoms. The summed E-state index contributed by atoms with van der Waals surface area (Å²) < 4.78 is 19.8. The standard InChI is InChI=1S/C22H17ClFN3O3S2/c1-11(30-16-9-8-14(24)10-15(16)23)19(28)26-27-21(29)18-17(13-6-4-3-5-7-13)12(2)32-20(18)25-22(27)31/h3-11H,1-2H3,(H,25,31)(H,26,28)/t11-/m0/s1. The van der Waals surface area contributed by atoms with Crippen molar-refractivity contribution >= 4 is 51.3 Å². The molecule has 0 saturated heterocycles. The molecule has 0 aliphatic heterocycles. The molecule has 0 fully saturated rings. The van der Waals surface area contributed by atoms with Crippen LogP contribution in [0.4, 0.5) is 4.39 Å². The molecule has 2 aromatic heterocycles. The number of carbonyl (C=O) groups excluding carboxylic acids is 1. The van der Waals surface area contributed by atoms with Gasteiger partial charge in [-0.15, -0.1) is 11.3 Å². The molecule has 2 N–H and O–H groups in total. The van der Waals surface area contributed by atoms with Crippen molar-refractivity contribution in [2.45, 2.75) is 20.0 Å². The predicted molar refractivity (Wildman–Crippen MR) is 127 cm³/mol. The summed E-state index contributed by atoms with van der Waals surface area (Å²) in [6.07, 6.45) is -1.03. The minimum Gasteiger partial charge on any atom is -0.479 e. The summed E-state index contributed by atoms with van der Waals surface area (Å²) in [5.41, 5.74) is 3.72. The fourth-order valence-corrected chi connectivity index (χ4v) is 4.84. The first-order valence-corrected chi connectivity index (χ1v) is 11.1. The smallest absolute Gasteiger partial charge is 0.282 e. The Hall–Kier alpha value is -3.01. The molecule has 0 radical (unpaired) electrons. The first-order valence-electron chi connectivity index (χ1n) is 9.52. The molecule has 4 rings (SSSR count).